The van der Waals surface area contributed by atoms with Gasteiger partial charge in [0.2, 0.25) is 10.0 Å². The molecule has 0 aromatic heterocycles. The number of carbonyl (C=O) groups is 1. The van der Waals surface area contributed by atoms with Gasteiger partial charge in [0.25, 0.3) is 5.91 Å². The summed E-state index contributed by atoms with van der Waals surface area (Å²) in [6, 6.07) is 8.85. The van der Waals surface area contributed by atoms with E-state index in [2.05, 4.69) is 21.2 Å². The molecule has 2 aromatic carbocycles. The standard InChI is InChI=1S/C14H14BrN3O4S/c1-22-12-7-9(3-5-13(12)23(17,20)21)18-14(19)8-2-4-10(15)11(16)6-8/h2-7H,16H2,1H3,(H,18,19)(H2,17,20,21). The summed E-state index contributed by atoms with van der Waals surface area (Å²) in [7, 11) is -2.60. The minimum Gasteiger partial charge on any atom is -0.495 e. The molecule has 0 radical (unpaired) electrons. The van der Waals surface area contributed by atoms with Gasteiger partial charge in [0.05, 0.1) is 7.11 Å². The van der Waals surface area contributed by atoms with E-state index < -0.39 is 15.9 Å². The van der Waals surface area contributed by atoms with E-state index in [1.807, 2.05) is 0 Å². The van der Waals surface area contributed by atoms with Crippen LogP contribution >= 0.6 is 15.9 Å². The van der Waals surface area contributed by atoms with Crippen molar-refractivity contribution in [3.8, 4) is 5.75 Å². The molecule has 122 valence electrons. The maximum Gasteiger partial charge on any atom is 0.255 e. The van der Waals surface area contributed by atoms with Gasteiger partial charge >= 0.3 is 0 Å². The average molecular weight is 400 g/mol. The van der Waals surface area contributed by atoms with Crippen LogP contribution < -0.4 is 20.9 Å². The van der Waals surface area contributed by atoms with Crippen molar-refractivity contribution in [3.63, 3.8) is 0 Å². The Labute approximate surface area is 141 Å². The van der Waals surface area contributed by atoms with Gasteiger partial charge in [-0.05, 0) is 46.3 Å². The highest BCUT2D eigenvalue weighted by Crippen LogP contribution is 2.27. The van der Waals surface area contributed by atoms with Crippen LogP contribution in [0.3, 0.4) is 0 Å². The highest BCUT2D eigenvalue weighted by molar-refractivity contribution is 9.10. The van der Waals surface area contributed by atoms with Crippen LogP contribution in [0.4, 0.5) is 11.4 Å². The normalized spacial score (nSPS) is 11.1. The number of ether oxygens (including phenoxy) is 1. The van der Waals surface area contributed by atoms with Crippen molar-refractivity contribution in [2.45, 2.75) is 4.90 Å². The van der Waals surface area contributed by atoms with Crippen LogP contribution in [0.2, 0.25) is 0 Å². The van der Waals surface area contributed by atoms with Gasteiger partial charge in [-0.3, -0.25) is 4.79 Å². The number of hydrogen-bond donors (Lipinski definition) is 3. The minimum atomic E-state index is -3.91. The maximum absolute atomic E-state index is 12.2. The van der Waals surface area contributed by atoms with E-state index in [9.17, 15) is 13.2 Å². The van der Waals surface area contributed by atoms with E-state index in [0.717, 1.165) is 0 Å². The smallest absolute Gasteiger partial charge is 0.255 e. The Bertz CT molecular complexity index is 868. The molecule has 0 aliphatic heterocycles. The zero-order valence-corrected chi connectivity index (χ0v) is 14.4. The summed E-state index contributed by atoms with van der Waals surface area (Å²) in [6.07, 6.45) is 0. The molecule has 0 spiro atoms. The lowest BCUT2D eigenvalue weighted by atomic mass is 10.2. The highest BCUT2D eigenvalue weighted by Gasteiger charge is 2.16. The van der Waals surface area contributed by atoms with E-state index >= 15 is 0 Å². The van der Waals surface area contributed by atoms with Crippen LogP contribution in [0.25, 0.3) is 0 Å². The van der Waals surface area contributed by atoms with Crippen LogP contribution in [0.1, 0.15) is 10.4 Å². The molecule has 0 fully saturated rings. The van der Waals surface area contributed by atoms with E-state index in [4.69, 9.17) is 15.6 Å². The number of benzene rings is 2. The first-order valence-corrected chi connectivity index (χ1v) is 8.63. The van der Waals surface area contributed by atoms with Crippen molar-refractivity contribution >= 4 is 43.2 Å². The zero-order valence-electron chi connectivity index (χ0n) is 12.0. The van der Waals surface area contributed by atoms with Crippen LogP contribution in [0.5, 0.6) is 5.75 Å². The van der Waals surface area contributed by atoms with E-state index in [1.165, 1.54) is 31.4 Å². The Hall–Kier alpha value is -2.10. The fourth-order valence-electron chi connectivity index (χ4n) is 1.87. The Kier molecular flexibility index (Phi) is 4.93. The van der Waals surface area contributed by atoms with Gasteiger partial charge < -0.3 is 15.8 Å². The van der Waals surface area contributed by atoms with Crippen molar-refractivity contribution in [1.82, 2.24) is 0 Å². The molecule has 9 heteroatoms. The number of carbonyl (C=O) groups excluding carboxylic acids is 1. The molecule has 0 saturated heterocycles. The molecule has 0 bridgehead atoms. The SMILES string of the molecule is COc1cc(NC(=O)c2ccc(Br)c(N)c2)ccc1S(N)(=O)=O. The highest BCUT2D eigenvalue weighted by atomic mass is 79.9. The molecule has 0 atom stereocenters. The van der Waals surface area contributed by atoms with Crippen molar-refractivity contribution in [1.29, 1.82) is 0 Å². The Balaban J connectivity index is 2.29. The van der Waals surface area contributed by atoms with Crippen LogP contribution in [-0.4, -0.2) is 21.4 Å². The topological polar surface area (TPSA) is 125 Å². The summed E-state index contributed by atoms with van der Waals surface area (Å²) in [5.41, 5.74) is 6.89. The molecule has 5 N–H and O–H groups in total. The van der Waals surface area contributed by atoms with Crippen molar-refractivity contribution in [2.24, 2.45) is 5.14 Å². The third kappa shape index (κ3) is 4.01. The quantitative estimate of drug-likeness (QED) is 0.677. The third-order valence-corrected chi connectivity index (χ3v) is 4.66. The predicted molar refractivity (Wildman–Crippen MR) is 90.9 cm³/mol. The van der Waals surface area contributed by atoms with Gasteiger partial charge in [-0.2, -0.15) is 0 Å². The molecule has 2 rings (SSSR count). The summed E-state index contributed by atoms with van der Waals surface area (Å²) < 4.78 is 28.5. The van der Waals surface area contributed by atoms with Crippen molar-refractivity contribution < 1.29 is 17.9 Å². The molecule has 0 saturated carbocycles. The molecule has 0 heterocycles. The molecular weight excluding hydrogens is 386 g/mol. The number of hydrogen-bond acceptors (Lipinski definition) is 5. The van der Waals surface area contributed by atoms with Gasteiger partial charge in [-0.15, -0.1) is 0 Å². The van der Waals surface area contributed by atoms with Crippen molar-refractivity contribution in [2.75, 3.05) is 18.2 Å². The number of amides is 1. The lowest BCUT2D eigenvalue weighted by Gasteiger charge is -2.11. The zero-order chi connectivity index (χ0) is 17.2. The molecule has 1 amide bonds. The van der Waals surface area contributed by atoms with Crippen LogP contribution in [0, 0.1) is 0 Å². The fraction of sp³-hybridized carbons (Fsp3) is 0.0714. The van der Waals surface area contributed by atoms with Crippen LogP contribution in [-0.2, 0) is 10.0 Å². The summed E-state index contributed by atoms with van der Waals surface area (Å²) >= 11 is 3.25. The van der Waals surface area contributed by atoms with Gasteiger partial charge in [0.1, 0.15) is 10.6 Å². The number of methoxy groups -OCH3 is 1. The van der Waals surface area contributed by atoms with Gasteiger partial charge in [0.15, 0.2) is 0 Å². The fourth-order valence-corrected chi connectivity index (χ4v) is 2.80. The molecular formula is C14H14BrN3O4S. The lowest BCUT2D eigenvalue weighted by Crippen LogP contribution is -2.15. The lowest BCUT2D eigenvalue weighted by molar-refractivity contribution is 0.102. The number of anilines is 2. The molecule has 0 aliphatic carbocycles. The third-order valence-electron chi connectivity index (χ3n) is 2.99. The molecule has 0 unspecified atom stereocenters. The second kappa shape index (κ2) is 6.57. The Morgan fingerprint density at radius 3 is 2.48 bits per heavy atom. The number of halogens is 1. The first-order valence-electron chi connectivity index (χ1n) is 6.29. The summed E-state index contributed by atoms with van der Waals surface area (Å²) in [4.78, 5) is 12.0. The molecule has 2 aromatic rings. The minimum absolute atomic E-state index is 0.0422. The van der Waals surface area contributed by atoms with E-state index in [-0.39, 0.29) is 10.6 Å². The number of sulfonamides is 1. The number of primary sulfonamides is 1. The predicted octanol–water partition coefficient (Wildman–Crippen LogP) is 1.94. The second-order valence-corrected chi connectivity index (χ2v) is 6.99. The number of rotatable bonds is 4. The Morgan fingerprint density at radius 1 is 1.22 bits per heavy atom. The molecule has 23 heavy (non-hydrogen) atoms. The van der Waals surface area contributed by atoms with Crippen LogP contribution in [0.15, 0.2) is 45.8 Å². The number of nitrogen functional groups attached to an aromatic ring is 1. The van der Waals surface area contributed by atoms with Crippen molar-refractivity contribution in [3.05, 3.63) is 46.4 Å². The maximum atomic E-state index is 12.2. The Morgan fingerprint density at radius 2 is 1.91 bits per heavy atom. The van der Waals surface area contributed by atoms with E-state index in [0.29, 0.717) is 21.4 Å². The first-order chi connectivity index (χ1) is 10.7. The second-order valence-electron chi connectivity index (χ2n) is 4.60. The summed E-state index contributed by atoms with van der Waals surface area (Å²) in [6.45, 7) is 0. The molecule has 0 aliphatic rings. The monoisotopic (exact) mass is 399 g/mol. The van der Waals surface area contributed by atoms with Gasteiger partial charge in [-0.1, -0.05) is 0 Å². The first kappa shape index (κ1) is 17.3. The number of nitrogens with one attached hydrogen (secondary N) is 1. The summed E-state index contributed by atoms with van der Waals surface area (Å²) in [5.74, 6) is -0.352. The average Bonchev–Trinajstić information content (AvgIpc) is 2.48. The van der Waals surface area contributed by atoms with E-state index in [1.54, 1.807) is 12.1 Å². The van der Waals surface area contributed by atoms with Gasteiger partial charge in [-0.25, -0.2) is 13.6 Å². The number of nitrogens with two attached hydrogens (primary N) is 2. The van der Waals surface area contributed by atoms with Gasteiger partial charge in [0, 0.05) is 27.5 Å². The molecule has 7 nitrogen and oxygen atoms in total. The largest absolute Gasteiger partial charge is 0.495 e. The summed E-state index contributed by atoms with van der Waals surface area (Å²) in [5, 5.41) is 7.73.